The minimum Gasteiger partial charge on any atom is -0.456 e. The van der Waals surface area contributed by atoms with Gasteiger partial charge in [0.1, 0.15) is 6.04 Å². The van der Waals surface area contributed by atoms with Crippen LogP contribution in [0.3, 0.4) is 0 Å². The minimum atomic E-state index is -0.761. The van der Waals surface area contributed by atoms with E-state index in [9.17, 15) is 14.4 Å². The van der Waals surface area contributed by atoms with Gasteiger partial charge in [-0.15, -0.1) is 0 Å². The fourth-order valence-electron chi connectivity index (χ4n) is 0.521. The topological polar surface area (TPSA) is 98.5 Å². The number of nitrogens with two attached hydrogens (primary N) is 1. The van der Waals surface area contributed by atoms with Crippen LogP contribution in [0.4, 0.5) is 0 Å². The Morgan fingerprint density at radius 2 is 2.00 bits per heavy atom. The Bertz CT molecular complexity index is 227. The summed E-state index contributed by atoms with van der Waals surface area (Å²) in [7, 11) is 0. The van der Waals surface area contributed by atoms with Crippen LogP contribution in [0, 0.1) is 0 Å². The molecular weight excluding hydrogens is 176 g/mol. The second-order valence-electron chi connectivity index (χ2n) is 2.47. The number of carbonyl (C=O) groups excluding carboxylic acids is 3. The van der Waals surface area contributed by atoms with Gasteiger partial charge in [0.15, 0.2) is 6.61 Å². The molecule has 0 rings (SSSR count). The third-order valence-electron chi connectivity index (χ3n) is 1.21. The summed E-state index contributed by atoms with van der Waals surface area (Å²) in [4.78, 5) is 31.6. The summed E-state index contributed by atoms with van der Waals surface area (Å²) < 4.78 is 4.38. The van der Waals surface area contributed by atoms with Crippen molar-refractivity contribution in [3.05, 3.63) is 0 Å². The fraction of sp³-hybridized carbons (Fsp3) is 0.571. The van der Waals surface area contributed by atoms with E-state index < -0.39 is 30.4 Å². The molecule has 0 aliphatic rings. The molecule has 0 spiro atoms. The third kappa shape index (κ3) is 5.66. The highest BCUT2D eigenvalue weighted by Crippen LogP contribution is 1.81. The molecule has 0 aromatic rings. The van der Waals surface area contributed by atoms with Crippen LogP contribution in [0.5, 0.6) is 0 Å². The summed E-state index contributed by atoms with van der Waals surface area (Å²) in [5.41, 5.74) is 4.88. The van der Waals surface area contributed by atoms with Gasteiger partial charge in [0.05, 0.1) is 0 Å². The highest BCUT2D eigenvalue weighted by atomic mass is 16.5. The van der Waals surface area contributed by atoms with Gasteiger partial charge in [-0.1, -0.05) is 0 Å². The van der Waals surface area contributed by atoms with E-state index in [1.807, 2.05) is 0 Å². The molecule has 6 heteroatoms. The minimum absolute atomic E-state index is 0.396. The van der Waals surface area contributed by atoms with Crippen LogP contribution in [0.15, 0.2) is 0 Å². The van der Waals surface area contributed by atoms with E-state index in [1.165, 1.54) is 13.8 Å². The first kappa shape index (κ1) is 11.4. The maximum Gasteiger partial charge on any atom is 0.303 e. The van der Waals surface area contributed by atoms with Crippen LogP contribution >= 0.6 is 0 Å². The van der Waals surface area contributed by atoms with Crippen LogP contribution < -0.4 is 11.1 Å². The van der Waals surface area contributed by atoms with Crippen LogP contribution in [0.2, 0.25) is 0 Å². The number of amides is 2. The zero-order valence-corrected chi connectivity index (χ0v) is 7.49. The van der Waals surface area contributed by atoms with E-state index in [0.717, 1.165) is 0 Å². The van der Waals surface area contributed by atoms with Gasteiger partial charge in [-0.05, 0) is 6.92 Å². The molecule has 0 fully saturated rings. The molecule has 0 aliphatic heterocycles. The van der Waals surface area contributed by atoms with Crippen LogP contribution in [-0.4, -0.2) is 30.4 Å². The van der Waals surface area contributed by atoms with Gasteiger partial charge in [-0.3, -0.25) is 14.4 Å². The second kappa shape index (κ2) is 5.13. The monoisotopic (exact) mass is 188 g/mol. The Hall–Kier alpha value is -1.59. The molecule has 0 heterocycles. The number of carbonyl (C=O) groups is 3. The molecular formula is C7H12N2O4. The summed E-state index contributed by atoms with van der Waals surface area (Å²) in [6, 6.07) is -0.761. The van der Waals surface area contributed by atoms with Crippen LogP contribution in [0.25, 0.3) is 0 Å². The summed E-state index contributed by atoms with van der Waals surface area (Å²) in [5.74, 6) is -1.75. The number of rotatable bonds is 4. The Labute approximate surface area is 75.4 Å². The summed E-state index contributed by atoms with van der Waals surface area (Å²) in [5, 5.41) is 2.24. The second-order valence-corrected chi connectivity index (χ2v) is 2.47. The molecule has 0 bridgehead atoms. The van der Waals surface area contributed by atoms with Crippen molar-refractivity contribution in [3.63, 3.8) is 0 Å². The van der Waals surface area contributed by atoms with Gasteiger partial charge in [0, 0.05) is 6.92 Å². The predicted molar refractivity (Wildman–Crippen MR) is 43.4 cm³/mol. The van der Waals surface area contributed by atoms with E-state index >= 15 is 0 Å². The Morgan fingerprint density at radius 1 is 1.46 bits per heavy atom. The zero-order valence-electron chi connectivity index (χ0n) is 7.49. The van der Waals surface area contributed by atoms with Gasteiger partial charge in [0.2, 0.25) is 5.91 Å². The molecule has 2 amide bonds. The van der Waals surface area contributed by atoms with Crippen molar-refractivity contribution in [2.75, 3.05) is 6.61 Å². The molecule has 6 nitrogen and oxygen atoms in total. The molecule has 3 N–H and O–H groups in total. The highest BCUT2D eigenvalue weighted by Gasteiger charge is 2.12. The van der Waals surface area contributed by atoms with E-state index in [2.05, 4.69) is 10.1 Å². The smallest absolute Gasteiger partial charge is 0.303 e. The molecule has 0 radical (unpaired) electrons. The molecule has 0 saturated carbocycles. The van der Waals surface area contributed by atoms with Crippen molar-refractivity contribution in [2.45, 2.75) is 19.9 Å². The van der Waals surface area contributed by atoms with Crippen molar-refractivity contribution in [1.82, 2.24) is 5.32 Å². The first-order valence-corrected chi connectivity index (χ1v) is 3.65. The Morgan fingerprint density at radius 3 is 2.38 bits per heavy atom. The maximum atomic E-state index is 10.9. The van der Waals surface area contributed by atoms with Crippen molar-refractivity contribution in [1.29, 1.82) is 0 Å². The highest BCUT2D eigenvalue weighted by molar-refractivity contribution is 5.87. The van der Waals surface area contributed by atoms with Crippen molar-refractivity contribution < 1.29 is 19.1 Å². The van der Waals surface area contributed by atoms with Gasteiger partial charge < -0.3 is 15.8 Å². The standard InChI is InChI=1S/C7H12N2O4/c1-4(7(8)12)9-6(11)3-13-5(2)10/h4H,3H2,1-2H3,(H2,8,12)(H,9,11)/t4-/m1/s1. The first-order valence-electron chi connectivity index (χ1n) is 3.65. The van der Waals surface area contributed by atoms with E-state index in [4.69, 9.17) is 5.73 Å². The average molecular weight is 188 g/mol. The number of ether oxygens (including phenoxy) is 1. The lowest BCUT2D eigenvalue weighted by Crippen LogP contribution is -2.43. The van der Waals surface area contributed by atoms with Crippen LogP contribution in [-0.2, 0) is 19.1 Å². The molecule has 0 saturated heterocycles. The Balaban J connectivity index is 3.74. The zero-order chi connectivity index (χ0) is 10.4. The molecule has 1 atom stereocenters. The number of nitrogens with one attached hydrogen (secondary N) is 1. The van der Waals surface area contributed by atoms with E-state index in [0.29, 0.717) is 0 Å². The molecule has 0 aromatic carbocycles. The molecule has 0 aliphatic carbocycles. The Kier molecular flexibility index (Phi) is 4.50. The lowest BCUT2D eigenvalue weighted by Gasteiger charge is -2.09. The lowest BCUT2D eigenvalue weighted by atomic mass is 10.3. The van der Waals surface area contributed by atoms with E-state index in [1.54, 1.807) is 0 Å². The van der Waals surface area contributed by atoms with Gasteiger partial charge in [-0.2, -0.15) is 0 Å². The van der Waals surface area contributed by atoms with Gasteiger partial charge in [-0.25, -0.2) is 0 Å². The van der Waals surface area contributed by atoms with Crippen molar-refractivity contribution >= 4 is 17.8 Å². The SMILES string of the molecule is CC(=O)OCC(=O)N[C@H](C)C(N)=O. The number of primary amides is 1. The fourth-order valence-corrected chi connectivity index (χ4v) is 0.521. The normalized spacial score (nSPS) is 11.5. The maximum absolute atomic E-state index is 10.9. The summed E-state index contributed by atoms with van der Waals surface area (Å²) in [6.07, 6.45) is 0. The van der Waals surface area contributed by atoms with Gasteiger partial charge >= 0.3 is 5.97 Å². The van der Waals surface area contributed by atoms with Gasteiger partial charge in [0.25, 0.3) is 5.91 Å². The molecule has 13 heavy (non-hydrogen) atoms. The average Bonchev–Trinajstić information content (AvgIpc) is 2.00. The largest absolute Gasteiger partial charge is 0.456 e. The number of hydrogen-bond donors (Lipinski definition) is 2. The summed E-state index contributed by atoms with van der Waals surface area (Å²) in [6.45, 7) is 2.23. The van der Waals surface area contributed by atoms with Crippen molar-refractivity contribution in [2.24, 2.45) is 5.73 Å². The van der Waals surface area contributed by atoms with Crippen molar-refractivity contribution in [3.8, 4) is 0 Å². The molecule has 0 aromatic heterocycles. The number of esters is 1. The third-order valence-corrected chi connectivity index (χ3v) is 1.21. The molecule has 0 unspecified atom stereocenters. The lowest BCUT2D eigenvalue weighted by molar-refractivity contribution is -0.146. The van der Waals surface area contributed by atoms with Crippen LogP contribution in [0.1, 0.15) is 13.8 Å². The first-order chi connectivity index (χ1) is 5.93. The number of hydrogen-bond acceptors (Lipinski definition) is 4. The molecule has 74 valence electrons. The predicted octanol–water partition coefficient (Wildman–Crippen LogP) is -1.46. The summed E-state index contributed by atoms with van der Waals surface area (Å²) >= 11 is 0. The van der Waals surface area contributed by atoms with E-state index in [-0.39, 0.29) is 0 Å². The quantitative estimate of drug-likeness (QED) is 0.526.